The molecule has 1 amide bonds. The number of alkyl halides is 3. The first-order valence-electron chi connectivity index (χ1n) is 12.8. The number of carboxylic acids is 1. The molecule has 1 aliphatic heterocycles. The Morgan fingerprint density at radius 3 is 2.54 bits per heavy atom. The minimum Gasteiger partial charge on any atom is -0.489 e. The van der Waals surface area contributed by atoms with Crippen molar-refractivity contribution in [3.8, 4) is 5.75 Å². The lowest BCUT2D eigenvalue weighted by atomic mass is 9.81. The molecule has 1 atom stereocenters. The number of hydrogen-bond acceptors (Lipinski definition) is 4. The molecule has 2 N–H and O–H groups in total. The zero-order valence-corrected chi connectivity index (χ0v) is 21.2. The molecule has 0 aromatic heterocycles. The van der Waals surface area contributed by atoms with E-state index in [9.17, 15) is 22.8 Å². The summed E-state index contributed by atoms with van der Waals surface area (Å²) in [6.45, 7) is 2.28. The Balaban J connectivity index is 1.51. The molecule has 0 unspecified atom stereocenters. The normalized spacial score (nSPS) is 16.9. The molecule has 1 heterocycles. The SMILES string of the molecule is CN[C@H](CC(=O)O)C(=O)N1CCc2c1ccc(OCc1ccc(C3CCCCC3)c(C(F)(F)F)c1)c2C. The van der Waals surface area contributed by atoms with Gasteiger partial charge in [0.15, 0.2) is 0 Å². The summed E-state index contributed by atoms with van der Waals surface area (Å²) in [6.07, 6.45) is 0.423. The number of anilines is 1. The second-order valence-corrected chi connectivity index (χ2v) is 9.91. The first-order valence-corrected chi connectivity index (χ1v) is 12.8. The number of hydrogen-bond donors (Lipinski definition) is 2. The third kappa shape index (κ3) is 5.92. The van der Waals surface area contributed by atoms with Crippen LogP contribution in [0.3, 0.4) is 0 Å². The van der Waals surface area contributed by atoms with Crippen LogP contribution < -0.4 is 15.0 Å². The minimum absolute atomic E-state index is 0.00324. The van der Waals surface area contributed by atoms with E-state index in [2.05, 4.69) is 5.32 Å². The summed E-state index contributed by atoms with van der Waals surface area (Å²) in [4.78, 5) is 25.6. The third-order valence-corrected chi connectivity index (χ3v) is 7.55. The van der Waals surface area contributed by atoms with Gasteiger partial charge in [-0.2, -0.15) is 13.2 Å². The predicted octanol–water partition coefficient (Wildman–Crippen LogP) is 5.59. The molecule has 2 aromatic rings. The molecule has 1 fully saturated rings. The lowest BCUT2D eigenvalue weighted by molar-refractivity contribution is -0.139. The Labute approximate surface area is 214 Å². The zero-order chi connectivity index (χ0) is 26.7. The second kappa shape index (κ2) is 11.1. The number of benzene rings is 2. The molecular formula is C28H33F3N2O4. The number of aliphatic carboxylic acids is 1. The van der Waals surface area contributed by atoms with Gasteiger partial charge >= 0.3 is 12.1 Å². The van der Waals surface area contributed by atoms with E-state index >= 15 is 0 Å². The molecule has 4 rings (SSSR count). The van der Waals surface area contributed by atoms with Gasteiger partial charge in [0.05, 0.1) is 18.0 Å². The average molecular weight is 519 g/mol. The maximum atomic E-state index is 13.9. The average Bonchev–Trinajstić information content (AvgIpc) is 3.31. The summed E-state index contributed by atoms with van der Waals surface area (Å²) in [5.74, 6) is -0.876. The fraction of sp³-hybridized carbons (Fsp3) is 0.500. The molecule has 0 spiro atoms. The largest absolute Gasteiger partial charge is 0.489 e. The fourth-order valence-corrected chi connectivity index (χ4v) is 5.56. The number of nitrogens with one attached hydrogen (secondary N) is 1. The third-order valence-electron chi connectivity index (χ3n) is 7.55. The van der Waals surface area contributed by atoms with Crippen molar-refractivity contribution in [3.63, 3.8) is 0 Å². The van der Waals surface area contributed by atoms with Crippen LogP contribution in [0.4, 0.5) is 18.9 Å². The highest BCUT2D eigenvalue weighted by atomic mass is 19.4. The van der Waals surface area contributed by atoms with Gasteiger partial charge in [-0.05, 0) is 79.6 Å². The summed E-state index contributed by atoms with van der Waals surface area (Å²) < 4.78 is 47.7. The van der Waals surface area contributed by atoms with Gasteiger partial charge in [-0.25, -0.2) is 0 Å². The Morgan fingerprint density at radius 1 is 1.16 bits per heavy atom. The molecule has 200 valence electrons. The molecule has 1 saturated carbocycles. The van der Waals surface area contributed by atoms with Crippen LogP contribution in [0.2, 0.25) is 0 Å². The molecule has 0 saturated heterocycles. The lowest BCUT2D eigenvalue weighted by Crippen LogP contribution is -2.45. The topological polar surface area (TPSA) is 78.9 Å². The summed E-state index contributed by atoms with van der Waals surface area (Å²) in [6, 6.07) is 7.19. The van der Waals surface area contributed by atoms with Crippen LogP contribution in [-0.4, -0.2) is 36.6 Å². The van der Waals surface area contributed by atoms with E-state index in [1.807, 2.05) is 6.92 Å². The monoisotopic (exact) mass is 518 g/mol. The van der Waals surface area contributed by atoms with Gasteiger partial charge in [-0.15, -0.1) is 0 Å². The summed E-state index contributed by atoms with van der Waals surface area (Å²) in [5, 5.41) is 11.9. The van der Waals surface area contributed by atoms with Gasteiger partial charge in [0.2, 0.25) is 5.91 Å². The van der Waals surface area contributed by atoms with Gasteiger partial charge in [0.1, 0.15) is 12.4 Å². The Morgan fingerprint density at radius 2 is 1.89 bits per heavy atom. The number of carboxylic acid groups (broad SMARTS) is 1. The standard InChI is InChI=1S/C28H33F3N2O4/c1-17-20-12-13-33(27(36)23(32-2)15-26(34)35)24(20)10-11-25(17)37-16-18-8-9-21(19-6-4-3-5-7-19)22(14-18)28(29,30)31/h8-11,14,19,23,32H,3-7,12-13,15-16H2,1-2H3,(H,34,35)/t23-/m1/s1. The van der Waals surface area contributed by atoms with Gasteiger partial charge in [0, 0.05) is 12.2 Å². The molecule has 2 aliphatic rings. The smallest absolute Gasteiger partial charge is 0.416 e. The van der Waals surface area contributed by atoms with Crippen LogP contribution in [0.5, 0.6) is 5.75 Å². The highest BCUT2D eigenvalue weighted by Gasteiger charge is 2.36. The molecule has 9 heteroatoms. The number of ether oxygens (including phenoxy) is 1. The Kier molecular flexibility index (Phi) is 8.11. The minimum atomic E-state index is -4.42. The maximum Gasteiger partial charge on any atom is 0.416 e. The number of rotatable bonds is 8. The predicted molar refractivity (Wildman–Crippen MR) is 134 cm³/mol. The summed E-state index contributed by atoms with van der Waals surface area (Å²) in [5.41, 5.74) is 2.71. The van der Waals surface area contributed by atoms with Crippen molar-refractivity contribution in [1.29, 1.82) is 0 Å². The first-order chi connectivity index (χ1) is 17.6. The second-order valence-electron chi connectivity index (χ2n) is 9.91. The Hall–Kier alpha value is -3.07. The number of carbonyl (C=O) groups is 2. The molecule has 6 nitrogen and oxygen atoms in total. The number of fused-ring (bicyclic) bond motifs is 1. The maximum absolute atomic E-state index is 13.9. The van der Waals surface area contributed by atoms with E-state index in [0.717, 1.165) is 43.2 Å². The Bertz CT molecular complexity index is 1160. The van der Waals surface area contributed by atoms with Crippen molar-refractivity contribution in [1.82, 2.24) is 5.32 Å². The number of amides is 1. The van der Waals surface area contributed by atoms with E-state index in [4.69, 9.17) is 9.84 Å². The van der Waals surface area contributed by atoms with Crippen molar-refractivity contribution in [2.45, 2.75) is 76.6 Å². The van der Waals surface area contributed by atoms with E-state index in [1.54, 1.807) is 36.2 Å². The number of likely N-dealkylation sites (N-methyl/N-ethyl adjacent to an activating group) is 1. The highest BCUT2D eigenvalue weighted by molar-refractivity contribution is 6.00. The highest BCUT2D eigenvalue weighted by Crippen LogP contribution is 2.41. The van der Waals surface area contributed by atoms with Crippen LogP contribution in [0.15, 0.2) is 30.3 Å². The molecular weight excluding hydrogens is 485 g/mol. The van der Waals surface area contributed by atoms with Crippen molar-refractivity contribution < 1.29 is 32.6 Å². The van der Waals surface area contributed by atoms with Crippen LogP contribution in [0, 0.1) is 6.92 Å². The lowest BCUT2D eigenvalue weighted by Gasteiger charge is -2.25. The van der Waals surface area contributed by atoms with Crippen molar-refractivity contribution >= 4 is 17.6 Å². The van der Waals surface area contributed by atoms with Gasteiger partial charge in [-0.1, -0.05) is 31.4 Å². The van der Waals surface area contributed by atoms with Crippen LogP contribution in [-0.2, 0) is 28.8 Å². The van der Waals surface area contributed by atoms with Crippen molar-refractivity contribution in [2.75, 3.05) is 18.5 Å². The number of halogens is 3. The summed E-state index contributed by atoms with van der Waals surface area (Å²) >= 11 is 0. The molecule has 0 radical (unpaired) electrons. The van der Waals surface area contributed by atoms with E-state index in [0.29, 0.717) is 35.5 Å². The molecule has 37 heavy (non-hydrogen) atoms. The molecule has 1 aliphatic carbocycles. The number of nitrogens with zero attached hydrogens (tertiary/aromatic N) is 1. The van der Waals surface area contributed by atoms with E-state index in [-0.39, 0.29) is 24.9 Å². The van der Waals surface area contributed by atoms with Crippen LogP contribution in [0.1, 0.15) is 72.3 Å². The first kappa shape index (κ1) is 27.0. The van der Waals surface area contributed by atoms with E-state index < -0.39 is 23.8 Å². The molecule has 2 aromatic carbocycles. The number of carbonyl (C=O) groups excluding carboxylic acids is 1. The fourth-order valence-electron chi connectivity index (χ4n) is 5.56. The van der Waals surface area contributed by atoms with Crippen LogP contribution >= 0.6 is 0 Å². The summed E-state index contributed by atoms with van der Waals surface area (Å²) in [7, 11) is 1.55. The van der Waals surface area contributed by atoms with Crippen molar-refractivity contribution in [3.05, 3.63) is 58.1 Å². The van der Waals surface area contributed by atoms with Crippen LogP contribution in [0.25, 0.3) is 0 Å². The van der Waals surface area contributed by atoms with Gasteiger partial charge < -0.3 is 20.1 Å². The van der Waals surface area contributed by atoms with Gasteiger partial charge in [-0.3, -0.25) is 9.59 Å². The van der Waals surface area contributed by atoms with E-state index in [1.165, 1.54) is 6.07 Å². The zero-order valence-electron chi connectivity index (χ0n) is 21.2. The van der Waals surface area contributed by atoms with Crippen molar-refractivity contribution in [2.24, 2.45) is 0 Å². The molecule has 0 bridgehead atoms. The van der Waals surface area contributed by atoms with Gasteiger partial charge in [0.25, 0.3) is 0 Å². The quantitative estimate of drug-likeness (QED) is 0.476.